The van der Waals surface area contributed by atoms with Crippen molar-refractivity contribution in [3.05, 3.63) is 23.4 Å². The van der Waals surface area contributed by atoms with Crippen LogP contribution in [0.5, 0.6) is 0 Å². The van der Waals surface area contributed by atoms with Gasteiger partial charge >= 0.3 is 5.97 Å². The Morgan fingerprint density at radius 3 is 2.71 bits per heavy atom. The van der Waals surface area contributed by atoms with Gasteiger partial charge in [-0.2, -0.15) is 0 Å². The Balaban J connectivity index is 2.31. The molecule has 1 aromatic heterocycles. The van der Waals surface area contributed by atoms with Crippen molar-refractivity contribution in [3.63, 3.8) is 0 Å². The van der Waals surface area contributed by atoms with Crippen LogP contribution in [0.4, 0.5) is 5.82 Å². The van der Waals surface area contributed by atoms with Crippen LogP contribution in [0.15, 0.2) is 12.1 Å². The Bertz CT molecular complexity index is 520. The van der Waals surface area contributed by atoms with Gasteiger partial charge in [0.2, 0.25) is 0 Å². The van der Waals surface area contributed by atoms with E-state index in [9.17, 15) is 9.90 Å². The van der Waals surface area contributed by atoms with Crippen molar-refractivity contribution in [3.8, 4) is 0 Å². The highest BCUT2D eigenvalue weighted by Gasteiger charge is 2.25. The van der Waals surface area contributed by atoms with Gasteiger partial charge in [-0.15, -0.1) is 0 Å². The summed E-state index contributed by atoms with van der Waals surface area (Å²) in [6.07, 6.45) is 3.62. The standard InChI is InChI=1S/C17H26N2O2/c1-5-6-12-7-8-19(11-12)15-10-13(16(20)21)9-14(18-15)17(2,3)4/h9-10,12H,5-8,11H2,1-4H3,(H,20,21). The Hall–Kier alpha value is -1.58. The third-order valence-corrected chi connectivity index (χ3v) is 4.13. The second kappa shape index (κ2) is 6.04. The SMILES string of the molecule is CCCC1CCN(c2cc(C(=O)O)cc(C(C)(C)C)n2)C1. The van der Waals surface area contributed by atoms with Crippen LogP contribution in [0.3, 0.4) is 0 Å². The van der Waals surface area contributed by atoms with E-state index in [1.807, 2.05) is 0 Å². The smallest absolute Gasteiger partial charge is 0.335 e. The van der Waals surface area contributed by atoms with Gasteiger partial charge in [0, 0.05) is 24.2 Å². The first-order valence-corrected chi connectivity index (χ1v) is 7.82. The molecule has 0 spiro atoms. The van der Waals surface area contributed by atoms with Gasteiger partial charge in [0.05, 0.1) is 5.56 Å². The zero-order chi connectivity index (χ0) is 15.6. The second-order valence-corrected chi connectivity index (χ2v) is 7.04. The summed E-state index contributed by atoms with van der Waals surface area (Å²) in [6, 6.07) is 3.41. The van der Waals surface area contributed by atoms with Crippen LogP contribution in [0, 0.1) is 5.92 Å². The van der Waals surface area contributed by atoms with E-state index in [4.69, 9.17) is 4.98 Å². The number of carbonyl (C=O) groups is 1. The molecule has 0 aromatic carbocycles. The quantitative estimate of drug-likeness (QED) is 0.918. The van der Waals surface area contributed by atoms with Gasteiger partial charge < -0.3 is 10.0 Å². The lowest BCUT2D eigenvalue weighted by Gasteiger charge is -2.23. The molecule has 0 radical (unpaired) electrons. The predicted molar refractivity (Wildman–Crippen MR) is 85.1 cm³/mol. The van der Waals surface area contributed by atoms with Crippen LogP contribution < -0.4 is 4.90 Å². The van der Waals surface area contributed by atoms with E-state index in [0.717, 1.165) is 24.6 Å². The highest BCUT2D eigenvalue weighted by molar-refractivity contribution is 5.88. The van der Waals surface area contributed by atoms with Crippen LogP contribution in [-0.4, -0.2) is 29.1 Å². The largest absolute Gasteiger partial charge is 0.478 e. The molecule has 1 aliphatic heterocycles. The number of aromatic nitrogens is 1. The molecule has 1 aromatic rings. The van der Waals surface area contributed by atoms with E-state index in [-0.39, 0.29) is 5.41 Å². The summed E-state index contributed by atoms with van der Waals surface area (Å²) < 4.78 is 0. The van der Waals surface area contributed by atoms with Crippen LogP contribution >= 0.6 is 0 Å². The predicted octanol–water partition coefficient (Wildman–Crippen LogP) is 3.70. The molecule has 1 fully saturated rings. The molecule has 4 heteroatoms. The van der Waals surface area contributed by atoms with Gasteiger partial charge in [0.15, 0.2) is 0 Å². The summed E-state index contributed by atoms with van der Waals surface area (Å²) >= 11 is 0. The highest BCUT2D eigenvalue weighted by atomic mass is 16.4. The fourth-order valence-corrected chi connectivity index (χ4v) is 2.87. The monoisotopic (exact) mass is 290 g/mol. The molecular weight excluding hydrogens is 264 g/mol. The van der Waals surface area contributed by atoms with Crippen LogP contribution in [0.1, 0.15) is 63.0 Å². The molecule has 116 valence electrons. The first kappa shape index (κ1) is 15.8. The second-order valence-electron chi connectivity index (χ2n) is 7.04. The summed E-state index contributed by atoms with van der Waals surface area (Å²) in [5.74, 6) is 0.648. The first-order chi connectivity index (χ1) is 9.81. The van der Waals surface area contributed by atoms with Gasteiger partial charge in [0.25, 0.3) is 0 Å². The van der Waals surface area contributed by atoms with Gasteiger partial charge in [-0.05, 0) is 30.9 Å². The number of carboxylic acids is 1. The van der Waals surface area contributed by atoms with E-state index < -0.39 is 5.97 Å². The molecule has 1 saturated heterocycles. The van der Waals surface area contributed by atoms with Crippen LogP contribution in [-0.2, 0) is 5.41 Å². The third kappa shape index (κ3) is 3.74. The summed E-state index contributed by atoms with van der Waals surface area (Å²) in [7, 11) is 0. The van der Waals surface area contributed by atoms with E-state index in [2.05, 4.69) is 32.6 Å². The maximum atomic E-state index is 11.4. The normalized spacial score (nSPS) is 19.0. The number of nitrogens with zero attached hydrogens (tertiary/aromatic N) is 2. The lowest BCUT2D eigenvalue weighted by atomic mass is 9.90. The van der Waals surface area contributed by atoms with E-state index in [1.54, 1.807) is 12.1 Å². The molecule has 1 aliphatic rings. The number of pyridine rings is 1. The van der Waals surface area contributed by atoms with Crippen molar-refractivity contribution in [1.29, 1.82) is 0 Å². The number of hydrogen-bond acceptors (Lipinski definition) is 3. The number of carboxylic acid groups (broad SMARTS) is 1. The van der Waals surface area contributed by atoms with Gasteiger partial charge in [-0.25, -0.2) is 9.78 Å². The lowest BCUT2D eigenvalue weighted by molar-refractivity contribution is 0.0696. The zero-order valence-corrected chi connectivity index (χ0v) is 13.5. The molecule has 0 aliphatic carbocycles. The Morgan fingerprint density at radius 2 is 2.14 bits per heavy atom. The number of rotatable bonds is 4. The maximum absolute atomic E-state index is 11.4. The van der Waals surface area contributed by atoms with E-state index in [0.29, 0.717) is 11.5 Å². The third-order valence-electron chi connectivity index (χ3n) is 4.13. The van der Waals surface area contributed by atoms with Crippen molar-refractivity contribution in [2.24, 2.45) is 5.92 Å². The lowest BCUT2D eigenvalue weighted by Crippen LogP contribution is -2.24. The van der Waals surface area contributed by atoms with Crippen molar-refractivity contribution in [2.45, 2.75) is 52.4 Å². The first-order valence-electron chi connectivity index (χ1n) is 7.82. The minimum absolute atomic E-state index is 0.150. The molecule has 2 rings (SSSR count). The Kier molecular flexibility index (Phi) is 4.55. The topological polar surface area (TPSA) is 53.4 Å². The minimum atomic E-state index is -0.881. The minimum Gasteiger partial charge on any atom is -0.478 e. The maximum Gasteiger partial charge on any atom is 0.335 e. The van der Waals surface area contributed by atoms with Gasteiger partial charge in [-0.3, -0.25) is 0 Å². The molecule has 21 heavy (non-hydrogen) atoms. The zero-order valence-electron chi connectivity index (χ0n) is 13.5. The van der Waals surface area contributed by atoms with E-state index >= 15 is 0 Å². The number of hydrogen-bond donors (Lipinski definition) is 1. The molecule has 1 N–H and O–H groups in total. The van der Waals surface area contributed by atoms with Gasteiger partial charge in [0.1, 0.15) is 5.82 Å². The van der Waals surface area contributed by atoms with Crippen molar-refractivity contribution < 1.29 is 9.90 Å². The number of anilines is 1. The van der Waals surface area contributed by atoms with Crippen molar-refractivity contribution in [2.75, 3.05) is 18.0 Å². The van der Waals surface area contributed by atoms with Crippen molar-refractivity contribution >= 4 is 11.8 Å². The molecule has 0 saturated carbocycles. The summed E-state index contributed by atoms with van der Waals surface area (Å²) in [6.45, 7) is 10.4. The fourth-order valence-electron chi connectivity index (χ4n) is 2.87. The van der Waals surface area contributed by atoms with E-state index in [1.165, 1.54) is 19.3 Å². The average molecular weight is 290 g/mol. The van der Waals surface area contributed by atoms with Crippen LogP contribution in [0.25, 0.3) is 0 Å². The molecule has 1 unspecified atom stereocenters. The summed E-state index contributed by atoms with van der Waals surface area (Å²) in [5.41, 5.74) is 1.03. The highest BCUT2D eigenvalue weighted by Crippen LogP contribution is 2.29. The summed E-state index contributed by atoms with van der Waals surface area (Å²) in [5, 5.41) is 9.33. The van der Waals surface area contributed by atoms with Gasteiger partial charge in [-0.1, -0.05) is 34.1 Å². The molecule has 0 bridgehead atoms. The molecule has 0 amide bonds. The molecule has 2 heterocycles. The van der Waals surface area contributed by atoms with Crippen LogP contribution in [0.2, 0.25) is 0 Å². The molecule has 4 nitrogen and oxygen atoms in total. The molecule has 1 atom stereocenters. The Morgan fingerprint density at radius 1 is 1.43 bits per heavy atom. The fraction of sp³-hybridized carbons (Fsp3) is 0.647. The summed E-state index contributed by atoms with van der Waals surface area (Å²) in [4.78, 5) is 18.3. The molecular formula is C17H26N2O2. The average Bonchev–Trinajstić information content (AvgIpc) is 2.86. The number of aromatic carboxylic acids is 1. The van der Waals surface area contributed by atoms with Crippen molar-refractivity contribution in [1.82, 2.24) is 4.98 Å². The Labute approximate surface area is 127 Å².